The summed E-state index contributed by atoms with van der Waals surface area (Å²) in [5.41, 5.74) is 5.64. The highest BCUT2D eigenvalue weighted by atomic mass is 16.5. The van der Waals surface area contributed by atoms with Crippen LogP contribution in [0, 0.1) is 5.92 Å². The van der Waals surface area contributed by atoms with Crippen molar-refractivity contribution in [2.24, 2.45) is 5.92 Å². The summed E-state index contributed by atoms with van der Waals surface area (Å²) in [4.78, 5) is 35.7. The summed E-state index contributed by atoms with van der Waals surface area (Å²) in [6.07, 6.45) is 6.00. The number of carbonyl (C=O) groups excluding carboxylic acids is 3. The lowest BCUT2D eigenvalue weighted by molar-refractivity contribution is -0.131. The van der Waals surface area contributed by atoms with E-state index in [9.17, 15) is 14.4 Å². The van der Waals surface area contributed by atoms with Crippen LogP contribution < -0.4 is 20.9 Å². The van der Waals surface area contributed by atoms with Crippen molar-refractivity contribution in [3.05, 3.63) is 29.8 Å². The van der Waals surface area contributed by atoms with Gasteiger partial charge in [-0.15, -0.1) is 0 Å². The molecule has 1 saturated carbocycles. The lowest BCUT2D eigenvalue weighted by Crippen LogP contribution is -2.48. The molecule has 0 bridgehead atoms. The average Bonchev–Trinajstić information content (AvgIpc) is 2.74. The maximum absolute atomic E-state index is 12.0. The van der Waals surface area contributed by atoms with Crippen molar-refractivity contribution in [1.82, 2.24) is 16.2 Å². The first-order valence-electron chi connectivity index (χ1n) is 10.1. The van der Waals surface area contributed by atoms with Crippen LogP contribution >= 0.6 is 0 Å². The molecule has 7 nitrogen and oxygen atoms in total. The number of hydrogen-bond donors (Lipinski definition) is 3. The predicted molar refractivity (Wildman–Crippen MR) is 107 cm³/mol. The Balaban J connectivity index is 1.68. The molecule has 3 N–H and O–H groups in total. The number of para-hydroxylation sites is 1. The van der Waals surface area contributed by atoms with E-state index in [1.807, 2.05) is 24.3 Å². The second kappa shape index (κ2) is 11.3. The molecule has 0 unspecified atom stereocenters. The molecule has 0 radical (unpaired) electrons. The molecule has 1 fully saturated rings. The van der Waals surface area contributed by atoms with Crippen LogP contribution in [0.15, 0.2) is 24.3 Å². The standard InChI is InChI=1S/C21H31N3O4/c1-3-15(2)17-11-7-8-12-18(17)28-14-20(26)24-23-19(25)13-22-21(27)16-9-5-4-6-10-16/h7-8,11-12,15-16H,3-6,9-10,13-14H2,1-2H3,(H,22,27)(H,23,25)(H,24,26)/t15-/m0/s1. The lowest BCUT2D eigenvalue weighted by Gasteiger charge is -2.20. The molecular weight excluding hydrogens is 358 g/mol. The molecule has 0 aromatic heterocycles. The van der Waals surface area contributed by atoms with E-state index in [4.69, 9.17) is 4.74 Å². The Hall–Kier alpha value is -2.57. The van der Waals surface area contributed by atoms with Gasteiger partial charge in [0.05, 0.1) is 6.54 Å². The lowest BCUT2D eigenvalue weighted by atomic mass is 9.89. The Morgan fingerprint density at radius 1 is 1.07 bits per heavy atom. The van der Waals surface area contributed by atoms with E-state index >= 15 is 0 Å². The monoisotopic (exact) mass is 389 g/mol. The van der Waals surface area contributed by atoms with Crippen LogP contribution in [0.4, 0.5) is 0 Å². The molecule has 2 rings (SSSR count). The molecule has 1 aromatic carbocycles. The number of benzene rings is 1. The van der Waals surface area contributed by atoms with Gasteiger partial charge in [-0.25, -0.2) is 0 Å². The van der Waals surface area contributed by atoms with Gasteiger partial charge in [0, 0.05) is 5.92 Å². The third kappa shape index (κ3) is 6.87. The normalized spacial score (nSPS) is 15.4. The summed E-state index contributed by atoms with van der Waals surface area (Å²) in [7, 11) is 0. The number of hydrogen-bond acceptors (Lipinski definition) is 4. The van der Waals surface area contributed by atoms with Crippen LogP contribution in [0.1, 0.15) is 63.9 Å². The predicted octanol–water partition coefficient (Wildman–Crippen LogP) is 2.42. The van der Waals surface area contributed by atoms with Crippen LogP contribution in [0.5, 0.6) is 5.75 Å². The first-order chi connectivity index (χ1) is 13.5. The minimum Gasteiger partial charge on any atom is -0.483 e. The van der Waals surface area contributed by atoms with Gasteiger partial charge >= 0.3 is 0 Å². The number of ether oxygens (including phenoxy) is 1. The third-order valence-corrected chi connectivity index (χ3v) is 5.16. The molecule has 1 aromatic rings. The van der Waals surface area contributed by atoms with Gasteiger partial charge < -0.3 is 10.1 Å². The Morgan fingerprint density at radius 2 is 1.75 bits per heavy atom. The largest absolute Gasteiger partial charge is 0.483 e. The number of hydrazine groups is 1. The fourth-order valence-corrected chi connectivity index (χ4v) is 3.28. The molecule has 3 amide bonds. The molecule has 0 aliphatic heterocycles. The summed E-state index contributed by atoms with van der Waals surface area (Å²) in [5.74, 6) is -0.0467. The maximum Gasteiger partial charge on any atom is 0.276 e. The molecule has 154 valence electrons. The molecule has 1 aliphatic carbocycles. The minimum absolute atomic E-state index is 0.00452. The van der Waals surface area contributed by atoms with Crippen molar-refractivity contribution in [3.63, 3.8) is 0 Å². The Kier molecular flexibility index (Phi) is 8.78. The minimum atomic E-state index is -0.475. The van der Waals surface area contributed by atoms with Crippen LogP contribution in [-0.2, 0) is 14.4 Å². The fraction of sp³-hybridized carbons (Fsp3) is 0.571. The molecule has 7 heteroatoms. The van der Waals surface area contributed by atoms with Gasteiger partial charge in [-0.2, -0.15) is 0 Å². The van der Waals surface area contributed by atoms with Crippen molar-refractivity contribution in [2.75, 3.05) is 13.2 Å². The van der Waals surface area contributed by atoms with E-state index in [2.05, 4.69) is 30.0 Å². The van der Waals surface area contributed by atoms with Crippen molar-refractivity contribution in [2.45, 2.75) is 58.3 Å². The van der Waals surface area contributed by atoms with E-state index in [0.717, 1.165) is 37.7 Å². The molecule has 1 atom stereocenters. The highest BCUT2D eigenvalue weighted by Crippen LogP contribution is 2.28. The molecular formula is C21H31N3O4. The van der Waals surface area contributed by atoms with E-state index in [1.165, 1.54) is 6.42 Å². The second-order valence-corrected chi connectivity index (χ2v) is 7.28. The smallest absolute Gasteiger partial charge is 0.276 e. The number of nitrogens with one attached hydrogen (secondary N) is 3. The maximum atomic E-state index is 12.0. The SMILES string of the molecule is CC[C@H](C)c1ccccc1OCC(=O)NNC(=O)CNC(=O)C1CCCCC1. The van der Waals surface area contributed by atoms with Crippen LogP contribution in [0.3, 0.4) is 0 Å². The zero-order valence-corrected chi connectivity index (χ0v) is 16.8. The van der Waals surface area contributed by atoms with E-state index in [-0.39, 0.29) is 25.0 Å². The van der Waals surface area contributed by atoms with Gasteiger partial charge in [-0.3, -0.25) is 25.2 Å². The quantitative estimate of drug-likeness (QED) is 0.595. The number of rotatable bonds is 8. The average molecular weight is 389 g/mol. The summed E-state index contributed by atoms with van der Waals surface area (Å²) >= 11 is 0. The van der Waals surface area contributed by atoms with Crippen LogP contribution in [-0.4, -0.2) is 30.9 Å². The molecule has 28 heavy (non-hydrogen) atoms. The number of carbonyl (C=O) groups is 3. The van der Waals surface area contributed by atoms with Gasteiger partial charge in [0.25, 0.3) is 11.8 Å². The summed E-state index contributed by atoms with van der Waals surface area (Å²) in [6, 6.07) is 7.61. The summed E-state index contributed by atoms with van der Waals surface area (Å²) in [6.45, 7) is 3.83. The van der Waals surface area contributed by atoms with E-state index in [0.29, 0.717) is 11.7 Å². The fourth-order valence-electron chi connectivity index (χ4n) is 3.28. The highest BCUT2D eigenvalue weighted by molar-refractivity contribution is 5.87. The van der Waals surface area contributed by atoms with Crippen molar-refractivity contribution in [1.29, 1.82) is 0 Å². The number of amides is 3. The first-order valence-corrected chi connectivity index (χ1v) is 10.1. The molecule has 0 spiro atoms. The van der Waals surface area contributed by atoms with Gasteiger partial charge in [0.1, 0.15) is 5.75 Å². The summed E-state index contributed by atoms with van der Waals surface area (Å²) in [5, 5.41) is 2.63. The van der Waals surface area contributed by atoms with Crippen LogP contribution in [0.25, 0.3) is 0 Å². The third-order valence-electron chi connectivity index (χ3n) is 5.16. The molecule has 0 heterocycles. The topological polar surface area (TPSA) is 96.5 Å². The van der Waals surface area contributed by atoms with Gasteiger partial charge in [-0.05, 0) is 36.8 Å². The second-order valence-electron chi connectivity index (χ2n) is 7.28. The Bertz CT molecular complexity index is 671. The van der Waals surface area contributed by atoms with Crippen molar-refractivity contribution >= 4 is 17.7 Å². The zero-order chi connectivity index (χ0) is 20.4. The van der Waals surface area contributed by atoms with E-state index in [1.54, 1.807) is 0 Å². The van der Waals surface area contributed by atoms with Crippen molar-refractivity contribution in [3.8, 4) is 5.75 Å². The molecule has 0 saturated heterocycles. The van der Waals surface area contributed by atoms with Gasteiger partial charge in [0.2, 0.25) is 5.91 Å². The van der Waals surface area contributed by atoms with Gasteiger partial charge in [-0.1, -0.05) is 51.3 Å². The van der Waals surface area contributed by atoms with E-state index < -0.39 is 11.8 Å². The first kappa shape index (κ1) is 21.7. The molecule has 1 aliphatic rings. The summed E-state index contributed by atoms with van der Waals surface area (Å²) < 4.78 is 5.60. The zero-order valence-electron chi connectivity index (χ0n) is 16.8. The Morgan fingerprint density at radius 3 is 2.46 bits per heavy atom. The van der Waals surface area contributed by atoms with Gasteiger partial charge in [0.15, 0.2) is 6.61 Å². The highest BCUT2D eigenvalue weighted by Gasteiger charge is 2.21. The Labute approximate surface area is 166 Å². The van der Waals surface area contributed by atoms with Crippen LogP contribution in [0.2, 0.25) is 0 Å². The van der Waals surface area contributed by atoms with Crippen molar-refractivity contribution < 1.29 is 19.1 Å².